The van der Waals surface area contributed by atoms with Gasteiger partial charge >= 0.3 is 0 Å². The second-order valence-electron chi connectivity index (χ2n) is 7.74. The Morgan fingerprint density at radius 1 is 1.23 bits per heavy atom. The van der Waals surface area contributed by atoms with E-state index in [2.05, 4.69) is 48.4 Å². The van der Waals surface area contributed by atoms with Crippen LogP contribution in [0.15, 0.2) is 30.3 Å². The van der Waals surface area contributed by atoms with E-state index in [1.165, 1.54) is 31.2 Å². The quantitative estimate of drug-likeness (QED) is 0.755. The van der Waals surface area contributed by atoms with Gasteiger partial charge in [0, 0.05) is 12.0 Å². The fourth-order valence-corrected chi connectivity index (χ4v) is 3.64. The monoisotopic (exact) mass is 300 g/mol. The molecular formula is C20H30NO. The van der Waals surface area contributed by atoms with E-state index in [0.29, 0.717) is 0 Å². The summed E-state index contributed by atoms with van der Waals surface area (Å²) in [5.74, 6) is 1.59. The summed E-state index contributed by atoms with van der Waals surface area (Å²) in [6.07, 6.45) is 7.23. The van der Waals surface area contributed by atoms with Crippen LogP contribution in [-0.2, 0) is 11.2 Å². The van der Waals surface area contributed by atoms with E-state index in [-0.39, 0.29) is 5.41 Å². The van der Waals surface area contributed by atoms with Gasteiger partial charge in [0.2, 0.25) is 6.29 Å². The average molecular weight is 300 g/mol. The molecule has 0 spiro atoms. The maximum atomic E-state index is 10.9. The third kappa shape index (κ3) is 5.57. The van der Waals surface area contributed by atoms with Crippen molar-refractivity contribution in [1.82, 2.24) is 4.90 Å². The topological polar surface area (TPSA) is 20.3 Å². The number of likely N-dealkylation sites (tertiary alicyclic amines) is 1. The summed E-state index contributed by atoms with van der Waals surface area (Å²) in [7, 11) is 0. The number of carbonyl (C=O) groups excluding carboxylic acids is 1. The molecule has 2 heteroatoms. The first-order valence-electron chi connectivity index (χ1n) is 8.64. The van der Waals surface area contributed by atoms with Crippen LogP contribution in [0.3, 0.4) is 0 Å². The van der Waals surface area contributed by atoms with Crippen molar-refractivity contribution in [2.45, 2.75) is 46.5 Å². The van der Waals surface area contributed by atoms with Gasteiger partial charge in [-0.05, 0) is 56.2 Å². The molecular weight excluding hydrogens is 270 g/mol. The lowest BCUT2D eigenvalue weighted by Crippen LogP contribution is -2.40. The van der Waals surface area contributed by atoms with Crippen molar-refractivity contribution in [2.24, 2.45) is 17.3 Å². The molecule has 2 rings (SSSR count). The maximum absolute atomic E-state index is 10.9. The molecule has 1 unspecified atom stereocenters. The van der Waals surface area contributed by atoms with E-state index in [0.717, 1.165) is 31.5 Å². The fraction of sp³-hybridized carbons (Fsp3) is 0.650. The number of hydrogen-bond acceptors (Lipinski definition) is 2. The summed E-state index contributed by atoms with van der Waals surface area (Å²) in [5, 5.41) is 0. The third-order valence-electron chi connectivity index (χ3n) is 4.77. The minimum atomic E-state index is -0.326. The number of nitrogens with zero attached hydrogens (tertiary/aromatic N) is 1. The lowest BCUT2D eigenvalue weighted by atomic mass is 9.84. The van der Waals surface area contributed by atoms with Gasteiger partial charge in [0.05, 0.1) is 0 Å². The molecule has 0 bridgehead atoms. The van der Waals surface area contributed by atoms with Gasteiger partial charge in [0.15, 0.2) is 0 Å². The van der Waals surface area contributed by atoms with Crippen molar-refractivity contribution in [1.29, 1.82) is 0 Å². The van der Waals surface area contributed by atoms with Crippen molar-refractivity contribution in [3.8, 4) is 0 Å². The zero-order valence-electron chi connectivity index (χ0n) is 14.3. The van der Waals surface area contributed by atoms with Crippen molar-refractivity contribution in [3.63, 3.8) is 0 Å². The Morgan fingerprint density at radius 3 is 2.45 bits per heavy atom. The molecule has 1 aliphatic heterocycles. The van der Waals surface area contributed by atoms with Gasteiger partial charge < -0.3 is 4.90 Å². The Hall–Kier alpha value is -1.15. The van der Waals surface area contributed by atoms with Gasteiger partial charge in [-0.1, -0.05) is 51.1 Å². The van der Waals surface area contributed by atoms with Crippen LogP contribution >= 0.6 is 0 Å². The highest BCUT2D eigenvalue weighted by Gasteiger charge is 2.26. The zero-order valence-corrected chi connectivity index (χ0v) is 14.3. The molecule has 0 amide bonds. The van der Waals surface area contributed by atoms with Crippen LogP contribution in [0.1, 0.15) is 45.6 Å². The molecule has 1 saturated heterocycles. The van der Waals surface area contributed by atoms with Crippen molar-refractivity contribution >= 4 is 6.29 Å². The normalized spacial score (nSPS) is 19.0. The SMILES string of the molecule is CC(Cc1ccccc1)CC1CCN(CC(C)(C)[C]=O)CC1. The second kappa shape index (κ2) is 7.92. The van der Waals surface area contributed by atoms with E-state index >= 15 is 0 Å². The van der Waals surface area contributed by atoms with Crippen LogP contribution in [-0.4, -0.2) is 30.8 Å². The first kappa shape index (κ1) is 17.2. The lowest BCUT2D eigenvalue weighted by Gasteiger charge is -2.36. The van der Waals surface area contributed by atoms with Crippen molar-refractivity contribution in [2.75, 3.05) is 19.6 Å². The molecule has 1 atom stereocenters. The molecule has 22 heavy (non-hydrogen) atoms. The number of hydrogen-bond donors (Lipinski definition) is 0. The predicted octanol–water partition coefficient (Wildman–Crippen LogP) is 4.10. The summed E-state index contributed by atoms with van der Waals surface area (Å²) in [6, 6.07) is 10.8. The zero-order chi connectivity index (χ0) is 16.0. The van der Waals surface area contributed by atoms with Gasteiger partial charge in [-0.25, -0.2) is 0 Å². The molecule has 1 fully saturated rings. The molecule has 0 aliphatic carbocycles. The Bertz CT molecular complexity index is 446. The standard InChI is InChI=1S/C20H30NO/c1-17(13-18-7-5-4-6-8-18)14-19-9-11-21(12-10-19)15-20(2,3)16-22/h4-8,17,19H,9-15H2,1-3H3. The Labute approximate surface area is 135 Å². The van der Waals surface area contributed by atoms with Gasteiger partial charge in [0.1, 0.15) is 0 Å². The lowest BCUT2D eigenvalue weighted by molar-refractivity contribution is 0.141. The van der Waals surface area contributed by atoms with Crippen molar-refractivity contribution in [3.05, 3.63) is 35.9 Å². The van der Waals surface area contributed by atoms with Crippen LogP contribution in [0.2, 0.25) is 0 Å². The Balaban J connectivity index is 1.72. The number of benzene rings is 1. The molecule has 0 aromatic heterocycles. The highest BCUT2D eigenvalue weighted by atomic mass is 16.1. The van der Waals surface area contributed by atoms with Crippen LogP contribution in [0.5, 0.6) is 0 Å². The smallest absolute Gasteiger partial charge is 0.205 e. The maximum Gasteiger partial charge on any atom is 0.205 e. The molecule has 0 N–H and O–H groups in total. The fourth-order valence-electron chi connectivity index (χ4n) is 3.64. The molecule has 0 saturated carbocycles. The summed E-state index contributed by atoms with van der Waals surface area (Å²) >= 11 is 0. The molecule has 1 aliphatic rings. The first-order chi connectivity index (χ1) is 10.5. The van der Waals surface area contributed by atoms with E-state index < -0.39 is 0 Å². The highest BCUT2D eigenvalue weighted by molar-refractivity contribution is 5.59. The molecule has 1 aromatic carbocycles. The Kier molecular flexibility index (Phi) is 6.19. The van der Waals surface area contributed by atoms with E-state index in [1.54, 1.807) is 0 Å². The van der Waals surface area contributed by atoms with E-state index in [4.69, 9.17) is 0 Å². The average Bonchev–Trinajstić information content (AvgIpc) is 2.50. The molecule has 1 aromatic rings. The van der Waals surface area contributed by atoms with Crippen LogP contribution in [0.4, 0.5) is 0 Å². The van der Waals surface area contributed by atoms with E-state index in [9.17, 15) is 4.79 Å². The molecule has 1 radical (unpaired) electrons. The van der Waals surface area contributed by atoms with E-state index in [1.807, 2.05) is 13.8 Å². The molecule has 2 nitrogen and oxygen atoms in total. The van der Waals surface area contributed by atoms with Gasteiger partial charge in [-0.2, -0.15) is 0 Å². The second-order valence-corrected chi connectivity index (χ2v) is 7.74. The largest absolute Gasteiger partial charge is 0.302 e. The van der Waals surface area contributed by atoms with Gasteiger partial charge in [-0.15, -0.1) is 0 Å². The number of rotatable bonds is 7. The van der Waals surface area contributed by atoms with Gasteiger partial charge in [-0.3, -0.25) is 4.79 Å². The van der Waals surface area contributed by atoms with Crippen LogP contribution < -0.4 is 0 Å². The molecule has 121 valence electrons. The summed E-state index contributed by atoms with van der Waals surface area (Å²) in [6.45, 7) is 9.45. The van der Waals surface area contributed by atoms with Crippen molar-refractivity contribution < 1.29 is 4.79 Å². The Morgan fingerprint density at radius 2 is 1.86 bits per heavy atom. The third-order valence-corrected chi connectivity index (χ3v) is 4.77. The minimum Gasteiger partial charge on any atom is -0.302 e. The van der Waals surface area contributed by atoms with Crippen LogP contribution in [0.25, 0.3) is 0 Å². The highest BCUT2D eigenvalue weighted by Crippen LogP contribution is 2.27. The van der Waals surface area contributed by atoms with Gasteiger partial charge in [0.25, 0.3) is 0 Å². The predicted molar refractivity (Wildman–Crippen MR) is 92.6 cm³/mol. The molecule has 1 heterocycles. The number of piperidine rings is 1. The minimum absolute atomic E-state index is 0.326. The first-order valence-corrected chi connectivity index (χ1v) is 8.64. The summed E-state index contributed by atoms with van der Waals surface area (Å²) in [4.78, 5) is 13.4. The summed E-state index contributed by atoms with van der Waals surface area (Å²) < 4.78 is 0. The summed E-state index contributed by atoms with van der Waals surface area (Å²) in [5.41, 5.74) is 1.13. The van der Waals surface area contributed by atoms with Crippen LogP contribution in [0, 0.1) is 17.3 Å².